The molecule has 0 aliphatic carbocycles. The molecule has 20 heavy (non-hydrogen) atoms. The molecule has 3 N–H and O–H groups in total. The van der Waals surface area contributed by atoms with Crippen LogP contribution in [0.4, 0.5) is 17.1 Å². The number of nitrogens with two attached hydrogens (primary N) is 1. The Balaban J connectivity index is 2.20. The second-order valence-corrected chi connectivity index (χ2v) is 5.95. The highest BCUT2D eigenvalue weighted by Gasteiger charge is 2.05. The molecule has 0 aliphatic heterocycles. The molecule has 0 fully saturated rings. The monoisotopic (exact) mass is 402 g/mol. The van der Waals surface area contributed by atoms with Gasteiger partial charge in [-0.25, -0.2) is 0 Å². The van der Waals surface area contributed by atoms with Crippen LogP contribution in [0.15, 0.2) is 36.4 Å². The highest BCUT2D eigenvalue weighted by molar-refractivity contribution is 14.1. The smallest absolute Gasteiger partial charge is 0.144 e. The summed E-state index contributed by atoms with van der Waals surface area (Å²) in [6, 6.07) is 11.4. The maximum atomic E-state index is 5.95. The van der Waals surface area contributed by atoms with Crippen molar-refractivity contribution >= 4 is 51.3 Å². The Labute approximate surface area is 137 Å². The molecule has 0 aliphatic rings. The molecule has 106 valence electrons. The van der Waals surface area contributed by atoms with Gasteiger partial charge in [-0.1, -0.05) is 18.5 Å². The summed E-state index contributed by atoms with van der Waals surface area (Å²) in [4.78, 5) is 0. The average Bonchev–Trinajstić information content (AvgIpc) is 2.42. The normalized spacial score (nSPS) is 10.3. The van der Waals surface area contributed by atoms with Crippen molar-refractivity contribution < 1.29 is 4.74 Å². The molecular weight excluding hydrogens is 387 g/mol. The van der Waals surface area contributed by atoms with E-state index in [1.807, 2.05) is 36.4 Å². The van der Waals surface area contributed by atoms with Crippen LogP contribution in [-0.2, 0) is 0 Å². The van der Waals surface area contributed by atoms with Crippen molar-refractivity contribution in [3.63, 3.8) is 0 Å². The molecule has 3 nitrogen and oxygen atoms in total. The van der Waals surface area contributed by atoms with E-state index in [-0.39, 0.29) is 0 Å². The molecule has 0 heterocycles. The molecule has 0 saturated carbocycles. The maximum Gasteiger partial charge on any atom is 0.144 e. The van der Waals surface area contributed by atoms with Crippen molar-refractivity contribution in [1.29, 1.82) is 0 Å². The minimum absolute atomic E-state index is 0.648. The fraction of sp³-hybridized carbons (Fsp3) is 0.200. The number of benzene rings is 2. The van der Waals surface area contributed by atoms with Gasteiger partial charge in [0.2, 0.25) is 0 Å². The third kappa shape index (κ3) is 3.93. The Kier molecular flexibility index (Phi) is 5.37. The maximum absolute atomic E-state index is 5.95. The van der Waals surface area contributed by atoms with Gasteiger partial charge < -0.3 is 15.8 Å². The summed E-state index contributed by atoms with van der Waals surface area (Å²) < 4.78 is 6.68. The molecule has 0 bridgehead atoms. The van der Waals surface area contributed by atoms with Crippen molar-refractivity contribution in [1.82, 2.24) is 0 Å². The predicted octanol–water partition coefficient (Wildman–Crippen LogP) is 5.06. The summed E-state index contributed by atoms with van der Waals surface area (Å²) in [5, 5.41) is 4.07. The molecule has 0 spiro atoms. The third-order valence-corrected chi connectivity index (χ3v) is 3.81. The van der Waals surface area contributed by atoms with E-state index in [4.69, 9.17) is 22.1 Å². The van der Waals surface area contributed by atoms with Gasteiger partial charge in [-0.05, 0) is 59.3 Å². The average molecular weight is 403 g/mol. The van der Waals surface area contributed by atoms with Gasteiger partial charge in [-0.15, -0.1) is 0 Å². The number of rotatable bonds is 5. The van der Waals surface area contributed by atoms with E-state index in [1.165, 1.54) is 0 Å². The van der Waals surface area contributed by atoms with E-state index in [1.54, 1.807) is 0 Å². The fourth-order valence-corrected chi connectivity index (χ4v) is 2.70. The van der Waals surface area contributed by atoms with E-state index in [2.05, 4.69) is 34.8 Å². The fourth-order valence-electron chi connectivity index (χ4n) is 1.70. The van der Waals surface area contributed by atoms with Crippen LogP contribution in [0.3, 0.4) is 0 Å². The van der Waals surface area contributed by atoms with Gasteiger partial charge in [0.1, 0.15) is 5.75 Å². The first-order valence-electron chi connectivity index (χ1n) is 6.34. The van der Waals surface area contributed by atoms with Crippen LogP contribution in [0.2, 0.25) is 5.02 Å². The SMILES string of the molecule is CCCOc1cc(Nc2ccc(Cl)cc2I)ccc1N. The number of anilines is 3. The molecule has 2 rings (SSSR count). The van der Waals surface area contributed by atoms with Gasteiger partial charge in [0.25, 0.3) is 0 Å². The summed E-state index contributed by atoms with van der Waals surface area (Å²) in [7, 11) is 0. The zero-order valence-corrected chi connectivity index (χ0v) is 14.0. The van der Waals surface area contributed by atoms with Gasteiger partial charge >= 0.3 is 0 Å². The summed E-state index contributed by atoms with van der Waals surface area (Å²) in [6.07, 6.45) is 0.951. The van der Waals surface area contributed by atoms with E-state index in [0.29, 0.717) is 18.0 Å². The lowest BCUT2D eigenvalue weighted by Crippen LogP contribution is -2.00. The standard InChI is InChI=1S/C15H16ClIN2O/c1-2-7-20-15-9-11(4-5-13(15)18)19-14-6-3-10(16)8-12(14)17/h3-6,8-9,19H,2,7,18H2,1H3. The van der Waals surface area contributed by atoms with Crippen molar-refractivity contribution in [2.45, 2.75) is 13.3 Å². The van der Waals surface area contributed by atoms with E-state index in [0.717, 1.165) is 26.4 Å². The van der Waals surface area contributed by atoms with E-state index >= 15 is 0 Å². The first-order valence-corrected chi connectivity index (χ1v) is 7.80. The first-order chi connectivity index (χ1) is 9.60. The first kappa shape index (κ1) is 15.3. The number of nitrogen functional groups attached to an aromatic ring is 1. The second kappa shape index (κ2) is 7.04. The Hall–Kier alpha value is -1.14. The Morgan fingerprint density at radius 3 is 2.75 bits per heavy atom. The zero-order valence-electron chi connectivity index (χ0n) is 11.1. The number of ether oxygens (including phenoxy) is 1. The Morgan fingerprint density at radius 1 is 1.25 bits per heavy atom. The van der Waals surface area contributed by atoms with E-state index in [9.17, 15) is 0 Å². The van der Waals surface area contributed by atoms with Crippen LogP contribution in [0.25, 0.3) is 0 Å². The number of halogens is 2. The molecule has 0 radical (unpaired) electrons. The molecular formula is C15H16ClIN2O. The van der Waals surface area contributed by atoms with Crippen molar-refractivity contribution in [3.05, 3.63) is 45.0 Å². The van der Waals surface area contributed by atoms with Gasteiger partial charge in [0.05, 0.1) is 18.0 Å². The highest BCUT2D eigenvalue weighted by atomic mass is 127. The lowest BCUT2D eigenvalue weighted by molar-refractivity contribution is 0.319. The van der Waals surface area contributed by atoms with Crippen molar-refractivity contribution in [3.8, 4) is 5.75 Å². The van der Waals surface area contributed by atoms with Gasteiger partial charge in [-0.2, -0.15) is 0 Å². The molecule has 0 unspecified atom stereocenters. The van der Waals surface area contributed by atoms with Crippen LogP contribution >= 0.6 is 34.2 Å². The van der Waals surface area contributed by atoms with Gasteiger partial charge in [0.15, 0.2) is 0 Å². The minimum Gasteiger partial charge on any atom is -0.491 e. The predicted molar refractivity (Wildman–Crippen MR) is 94.1 cm³/mol. The number of nitrogens with one attached hydrogen (secondary N) is 1. The summed E-state index contributed by atoms with van der Waals surface area (Å²) in [5.74, 6) is 0.709. The van der Waals surface area contributed by atoms with Crippen LogP contribution < -0.4 is 15.8 Å². The molecule has 0 atom stereocenters. The Morgan fingerprint density at radius 2 is 2.05 bits per heavy atom. The molecule has 0 aromatic heterocycles. The summed E-state index contributed by atoms with van der Waals surface area (Å²) in [5.41, 5.74) is 8.49. The number of hydrogen-bond acceptors (Lipinski definition) is 3. The highest BCUT2D eigenvalue weighted by Crippen LogP contribution is 2.30. The quantitative estimate of drug-likeness (QED) is 0.543. The lowest BCUT2D eigenvalue weighted by atomic mass is 10.2. The Bertz CT molecular complexity index is 604. The molecule has 2 aromatic rings. The summed E-state index contributed by atoms with van der Waals surface area (Å²) in [6.45, 7) is 2.72. The molecule has 0 saturated heterocycles. The van der Waals surface area contributed by atoms with Crippen LogP contribution in [0, 0.1) is 3.57 Å². The van der Waals surface area contributed by atoms with Crippen LogP contribution in [0.5, 0.6) is 5.75 Å². The topological polar surface area (TPSA) is 47.3 Å². The molecule has 2 aromatic carbocycles. The third-order valence-electron chi connectivity index (χ3n) is 2.69. The van der Waals surface area contributed by atoms with Crippen molar-refractivity contribution in [2.24, 2.45) is 0 Å². The lowest BCUT2D eigenvalue weighted by Gasteiger charge is -2.12. The second-order valence-electron chi connectivity index (χ2n) is 4.35. The van der Waals surface area contributed by atoms with Crippen LogP contribution in [-0.4, -0.2) is 6.61 Å². The molecule has 0 amide bonds. The van der Waals surface area contributed by atoms with E-state index < -0.39 is 0 Å². The van der Waals surface area contributed by atoms with Crippen LogP contribution in [0.1, 0.15) is 13.3 Å². The number of hydrogen-bond donors (Lipinski definition) is 2. The van der Waals surface area contributed by atoms with Gasteiger partial charge in [0, 0.05) is 20.3 Å². The zero-order chi connectivity index (χ0) is 14.5. The van der Waals surface area contributed by atoms with Gasteiger partial charge in [-0.3, -0.25) is 0 Å². The molecule has 5 heteroatoms. The van der Waals surface area contributed by atoms with Crippen molar-refractivity contribution in [2.75, 3.05) is 17.7 Å². The minimum atomic E-state index is 0.648. The summed E-state index contributed by atoms with van der Waals surface area (Å²) >= 11 is 8.20. The largest absolute Gasteiger partial charge is 0.491 e.